The summed E-state index contributed by atoms with van der Waals surface area (Å²) in [6, 6.07) is 9.61. The lowest BCUT2D eigenvalue weighted by Crippen LogP contribution is -2.25. The van der Waals surface area contributed by atoms with Gasteiger partial charge in [0, 0.05) is 18.2 Å². The Hall–Kier alpha value is -4.61. The van der Waals surface area contributed by atoms with Crippen molar-refractivity contribution in [3.8, 4) is 5.75 Å². The molecule has 0 radical (unpaired) electrons. The van der Waals surface area contributed by atoms with E-state index in [1.807, 2.05) is 0 Å². The van der Waals surface area contributed by atoms with Gasteiger partial charge in [-0.05, 0) is 81.1 Å². The molecule has 0 saturated heterocycles. The van der Waals surface area contributed by atoms with Crippen molar-refractivity contribution in [2.24, 2.45) is 11.8 Å². The first-order chi connectivity index (χ1) is 22.2. The Morgan fingerprint density at radius 1 is 0.804 bits per heavy atom. The Morgan fingerprint density at radius 2 is 1.41 bits per heavy atom. The minimum Gasteiger partial charge on any atom is -0.463 e. The first-order valence-corrected chi connectivity index (χ1v) is 15.9. The molecule has 3 rings (SSSR count). The molecule has 0 bridgehead atoms. The number of benzene rings is 2. The molecule has 12 heteroatoms. The van der Waals surface area contributed by atoms with Crippen molar-refractivity contribution < 1.29 is 38.4 Å². The largest absolute Gasteiger partial charge is 0.463 e. The Labute approximate surface area is 268 Å². The number of nitro groups is 2. The van der Waals surface area contributed by atoms with Gasteiger partial charge in [-0.15, -0.1) is 0 Å². The third-order valence-corrected chi connectivity index (χ3v) is 7.98. The number of hydrogen-bond acceptors (Lipinski definition) is 10. The molecule has 0 heterocycles. The van der Waals surface area contributed by atoms with Gasteiger partial charge in [-0.25, -0.2) is 9.59 Å². The summed E-state index contributed by atoms with van der Waals surface area (Å²) >= 11 is 0. The van der Waals surface area contributed by atoms with Gasteiger partial charge in [0.2, 0.25) is 0 Å². The molecule has 1 aliphatic carbocycles. The fourth-order valence-electron chi connectivity index (χ4n) is 5.33. The summed E-state index contributed by atoms with van der Waals surface area (Å²) in [7, 11) is 0. The van der Waals surface area contributed by atoms with Gasteiger partial charge in [0.1, 0.15) is 5.75 Å². The van der Waals surface area contributed by atoms with Crippen LogP contribution in [0.3, 0.4) is 0 Å². The lowest BCUT2D eigenvalue weighted by molar-refractivity contribution is -0.394. The molecule has 0 aliphatic heterocycles. The van der Waals surface area contributed by atoms with Gasteiger partial charge >= 0.3 is 17.9 Å². The molecule has 0 N–H and O–H groups in total. The van der Waals surface area contributed by atoms with Crippen molar-refractivity contribution >= 4 is 35.4 Å². The zero-order valence-electron chi connectivity index (χ0n) is 26.2. The van der Waals surface area contributed by atoms with Crippen LogP contribution < -0.4 is 4.74 Å². The maximum atomic E-state index is 12.6. The lowest BCUT2D eigenvalue weighted by atomic mass is 9.80. The number of rotatable bonds is 18. The standard InChI is InChI=1S/C34H42N2O10/c1-2-3-6-9-25-10-15-27(16-11-25)34(39)46-31-17-12-26(13-18-31)14-19-32(37)44-20-7-4-5-8-21-45-33(38)28-22-29(35(40)41)24-30(23-28)36(42)43/h12-14,17-19,22-25,27H,2-11,15-16,20-21H2,1H3. The Balaban J connectivity index is 1.27. The monoisotopic (exact) mass is 638 g/mol. The summed E-state index contributed by atoms with van der Waals surface area (Å²) in [5, 5.41) is 22.0. The number of nitrogens with zero attached hydrogens (tertiary/aromatic N) is 2. The van der Waals surface area contributed by atoms with E-state index in [2.05, 4.69) is 6.92 Å². The minimum absolute atomic E-state index is 0.0377. The second kappa shape index (κ2) is 19.0. The Morgan fingerprint density at radius 3 is 2.00 bits per heavy atom. The van der Waals surface area contributed by atoms with Crippen LogP contribution in [0.4, 0.5) is 11.4 Å². The van der Waals surface area contributed by atoms with Crippen LogP contribution >= 0.6 is 0 Å². The molecule has 2 aromatic rings. The highest BCUT2D eigenvalue weighted by atomic mass is 16.6. The van der Waals surface area contributed by atoms with E-state index in [9.17, 15) is 34.6 Å². The van der Waals surface area contributed by atoms with Gasteiger partial charge in [-0.3, -0.25) is 25.0 Å². The minimum atomic E-state index is -0.881. The smallest absolute Gasteiger partial charge is 0.338 e. The summed E-state index contributed by atoms with van der Waals surface area (Å²) in [6.07, 6.45) is 14.4. The van der Waals surface area contributed by atoms with Crippen molar-refractivity contribution in [1.82, 2.24) is 0 Å². The molecular weight excluding hydrogens is 596 g/mol. The van der Waals surface area contributed by atoms with Crippen LogP contribution in [0.2, 0.25) is 0 Å². The number of esters is 3. The maximum absolute atomic E-state index is 12.6. The Kier molecular flexibility index (Phi) is 14.8. The third kappa shape index (κ3) is 12.4. The third-order valence-electron chi connectivity index (χ3n) is 7.98. The topological polar surface area (TPSA) is 165 Å². The highest BCUT2D eigenvalue weighted by Crippen LogP contribution is 2.33. The predicted molar refractivity (Wildman–Crippen MR) is 170 cm³/mol. The molecule has 0 atom stereocenters. The van der Waals surface area contributed by atoms with E-state index in [0.29, 0.717) is 31.4 Å². The van der Waals surface area contributed by atoms with E-state index in [0.717, 1.165) is 55.4 Å². The quantitative estimate of drug-likeness (QED) is 0.0393. The summed E-state index contributed by atoms with van der Waals surface area (Å²) in [4.78, 5) is 57.2. The normalized spacial score (nSPS) is 16.1. The fourth-order valence-corrected chi connectivity index (χ4v) is 5.33. The maximum Gasteiger partial charge on any atom is 0.338 e. The number of ether oxygens (including phenoxy) is 3. The van der Waals surface area contributed by atoms with Crippen molar-refractivity contribution in [2.75, 3.05) is 13.2 Å². The van der Waals surface area contributed by atoms with Crippen LogP contribution in [0.5, 0.6) is 5.75 Å². The average Bonchev–Trinajstić information content (AvgIpc) is 3.05. The van der Waals surface area contributed by atoms with E-state index < -0.39 is 33.2 Å². The molecular formula is C34H42N2O10. The van der Waals surface area contributed by atoms with E-state index >= 15 is 0 Å². The molecule has 0 unspecified atom stereocenters. The van der Waals surface area contributed by atoms with Gasteiger partial charge < -0.3 is 14.2 Å². The molecule has 1 saturated carbocycles. The van der Waals surface area contributed by atoms with Crippen LogP contribution in [0.1, 0.15) is 99.9 Å². The first-order valence-electron chi connectivity index (χ1n) is 15.9. The van der Waals surface area contributed by atoms with Crippen LogP contribution in [0.15, 0.2) is 48.5 Å². The number of carbonyl (C=O) groups excluding carboxylic acids is 3. The Bertz CT molecular complexity index is 1330. The van der Waals surface area contributed by atoms with Crippen LogP contribution in [0, 0.1) is 32.1 Å². The zero-order chi connectivity index (χ0) is 33.3. The van der Waals surface area contributed by atoms with E-state index in [-0.39, 0.29) is 30.7 Å². The predicted octanol–water partition coefficient (Wildman–Crippen LogP) is 7.77. The SMILES string of the molecule is CCCCCC1CCC(C(=O)Oc2ccc(C=CC(=O)OCCCCCCOC(=O)c3cc([N+](=O)[O-])cc([N+](=O)[O-])c3)cc2)CC1. The number of unbranched alkanes of at least 4 members (excludes halogenated alkanes) is 5. The summed E-state index contributed by atoms with van der Waals surface area (Å²) in [5.41, 5.74) is -0.636. The van der Waals surface area contributed by atoms with Gasteiger partial charge in [0.15, 0.2) is 0 Å². The lowest BCUT2D eigenvalue weighted by Gasteiger charge is -2.27. The van der Waals surface area contributed by atoms with Gasteiger partial charge in [-0.2, -0.15) is 0 Å². The van der Waals surface area contributed by atoms with Crippen molar-refractivity contribution in [3.63, 3.8) is 0 Å². The molecule has 248 valence electrons. The highest BCUT2D eigenvalue weighted by molar-refractivity contribution is 5.91. The van der Waals surface area contributed by atoms with Crippen LogP contribution in [-0.2, 0) is 19.1 Å². The van der Waals surface area contributed by atoms with Crippen LogP contribution in [-0.4, -0.2) is 41.0 Å². The number of carbonyl (C=O) groups is 3. The van der Waals surface area contributed by atoms with E-state index in [4.69, 9.17) is 14.2 Å². The number of hydrogen-bond donors (Lipinski definition) is 0. The van der Waals surface area contributed by atoms with Crippen molar-refractivity contribution in [1.29, 1.82) is 0 Å². The molecule has 2 aromatic carbocycles. The summed E-state index contributed by atoms with van der Waals surface area (Å²) < 4.78 is 15.9. The summed E-state index contributed by atoms with van der Waals surface area (Å²) in [6.45, 7) is 2.47. The fraction of sp³-hybridized carbons (Fsp3) is 0.500. The molecule has 1 fully saturated rings. The molecule has 1 aliphatic rings. The average molecular weight is 639 g/mol. The van der Waals surface area contributed by atoms with E-state index in [1.165, 1.54) is 31.8 Å². The number of nitro benzene ring substituents is 2. The zero-order valence-corrected chi connectivity index (χ0v) is 26.2. The van der Waals surface area contributed by atoms with Gasteiger partial charge in [0.05, 0.1) is 40.6 Å². The van der Waals surface area contributed by atoms with Gasteiger partial charge in [0.25, 0.3) is 11.4 Å². The van der Waals surface area contributed by atoms with Gasteiger partial charge in [-0.1, -0.05) is 44.7 Å². The molecule has 0 amide bonds. The molecule has 12 nitrogen and oxygen atoms in total. The van der Waals surface area contributed by atoms with Crippen LogP contribution in [0.25, 0.3) is 6.08 Å². The molecule has 46 heavy (non-hydrogen) atoms. The highest BCUT2D eigenvalue weighted by Gasteiger charge is 2.27. The molecule has 0 spiro atoms. The first kappa shape index (κ1) is 35.9. The van der Waals surface area contributed by atoms with E-state index in [1.54, 1.807) is 30.3 Å². The summed E-state index contributed by atoms with van der Waals surface area (Å²) in [5.74, 6) is -0.372. The van der Waals surface area contributed by atoms with Crippen molar-refractivity contribution in [3.05, 3.63) is 79.9 Å². The van der Waals surface area contributed by atoms with Crippen molar-refractivity contribution in [2.45, 2.75) is 84.0 Å². The second-order valence-corrected chi connectivity index (χ2v) is 11.5. The number of non-ortho nitro benzene ring substituents is 2. The molecule has 0 aromatic heterocycles. The second-order valence-electron chi connectivity index (χ2n) is 11.5.